The molecule has 0 spiro atoms. The number of anilines is 1. The molecule has 2 rings (SSSR count). The number of oxime groups is 1. The molecular formula is C14H24N4OS2. The summed E-state index contributed by atoms with van der Waals surface area (Å²) in [6.45, 7) is 0. The molecule has 1 aliphatic carbocycles. The van der Waals surface area contributed by atoms with Gasteiger partial charge in [-0.25, -0.2) is 0 Å². The summed E-state index contributed by atoms with van der Waals surface area (Å²) in [7, 11) is 0. The number of nitrogen functional groups attached to an aromatic ring is 1. The SMILES string of the molecule is Nc1nnc(S[C@H]2CCCCCCCCCC/C2=N\O)s1. The van der Waals surface area contributed by atoms with Crippen LogP contribution in [0.25, 0.3) is 0 Å². The van der Waals surface area contributed by atoms with Crippen LogP contribution in [0.1, 0.15) is 64.2 Å². The van der Waals surface area contributed by atoms with Crippen LogP contribution in [0.2, 0.25) is 0 Å². The molecule has 0 aliphatic heterocycles. The first kappa shape index (κ1) is 16.5. The van der Waals surface area contributed by atoms with Gasteiger partial charge < -0.3 is 10.9 Å². The number of aromatic nitrogens is 2. The van der Waals surface area contributed by atoms with Gasteiger partial charge in [0.15, 0.2) is 4.34 Å². The van der Waals surface area contributed by atoms with Crippen molar-refractivity contribution in [1.29, 1.82) is 0 Å². The summed E-state index contributed by atoms with van der Waals surface area (Å²) in [6.07, 6.45) is 12.0. The monoisotopic (exact) mass is 328 g/mol. The summed E-state index contributed by atoms with van der Waals surface area (Å²) in [5.74, 6) is 0. The highest BCUT2D eigenvalue weighted by molar-refractivity contribution is 8.02. The molecule has 0 saturated heterocycles. The maximum atomic E-state index is 9.37. The minimum absolute atomic E-state index is 0.196. The van der Waals surface area contributed by atoms with Crippen LogP contribution in [-0.2, 0) is 0 Å². The van der Waals surface area contributed by atoms with E-state index in [-0.39, 0.29) is 5.25 Å². The molecule has 1 aromatic rings. The van der Waals surface area contributed by atoms with Crippen LogP contribution < -0.4 is 5.73 Å². The van der Waals surface area contributed by atoms with Gasteiger partial charge in [0, 0.05) is 0 Å². The third kappa shape index (κ3) is 5.82. The molecule has 0 unspecified atom stereocenters. The van der Waals surface area contributed by atoms with Gasteiger partial charge >= 0.3 is 0 Å². The van der Waals surface area contributed by atoms with E-state index in [0.717, 1.165) is 29.3 Å². The van der Waals surface area contributed by atoms with E-state index in [1.165, 1.54) is 56.3 Å². The highest BCUT2D eigenvalue weighted by Gasteiger charge is 2.20. The minimum Gasteiger partial charge on any atom is -0.411 e. The lowest BCUT2D eigenvalue weighted by molar-refractivity contribution is 0.315. The Morgan fingerprint density at radius 2 is 1.71 bits per heavy atom. The summed E-state index contributed by atoms with van der Waals surface area (Å²) in [5.41, 5.74) is 6.54. The maximum absolute atomic E-state index is 9.37. The van der Waals surface area contributed by atoms with Crippen molar-refractivity contribution in [3.63, 3.8) is 0 Å². The molecular weight excluding hydrogens is 304 g/mol. The second-order valence-electron chi connectivity index (χ2n) is 5.47. The molecule has 1 aliphatic rings. The van der Waals surface area contributed by atoms with E-state index < -0.39 is 0 Å². The molecule has 5 nitrogen and oxygen atoms in total. The lowest BCUT2D eigenvalue weighted by atomic mass is 9.99. The van der Waals surface area contributed by atoms with Crippen molar-refractivity contribution in [1.82, 2.24) is 10.2 Å². The third-order valence-electron chi connectivity index (χ3n) is 3.81. The van der Waals surface area contributed by atoms with Gasteiger partial charge in [0.05, 0.1) is 11.0 Å². The molecule has 7 heteroatoms. The normalized spacial score (nSPS) is 24.4. The van der Waals surface area contributed by atoms with Gasteiger partial charge in [0.25, 0.3) is 0 Å². The molecule has 0 radical (unpaired) electrons. The summed E-state index contributed by atoms with van der Waals surface area (Å²) < 4.78 is 0.866. The Hall–Kier alpha value is -0.820. The predicted molar refractivity (Wildman–Crippen MR) is 89.4 cm³/mol. The number of nitrogens with two attached hydrogens (primary N) is 1. The first-order valence-electron chi connectivity index (χ1n) is 7.76. The molecule has 0 bridgehead atoms. The number of hydrogen-bond donors (Lipinski definition) is 2. The van der Waals surface area contributed by atoms with Crippen molar-refractivity contribution in [2.75, 3.05) is 5.73 Å². The van der Waals surface area contributed by atoms with E-state index in [2.05, 4.69) is 15.4 Å². The molecule has 118 valence electrons. The lowest BCUT2D eigenvalue weighted by Gasteiger charge is -2.17. The fourth-order valence-electron chi connectivity index (χ4n) is 2.66. The molecule has 1 heterocycles. The lowest BCUT2D eigenvalue weighted by Crippen LogP contribution is -2.18. The first-order valence-corrected chi connectivity index (χ1v) is 9.45. The molecule has 1 atom stereocenters. The van der Waals surface area contributed by atoms with E-state index in [0.29, 0.717) is 5.13 Å². The Morgan fingerprint density at radius 3 is 2.33 bits per heavy atom. The number of rotatable bonds is 2. The third-order valence-corrected chi connectivity index (χ3v) is 5.98. The molecule has 21 heavy (non-hydrogen) atoms. The van der Waals surface area contributed by atoms with Crippen molar-refractivity contribution < 1.29 is 5.21 Å². The topological polar surface area (TPSA) is 84.4 Å². The fraction of sp³-hybridized carbons (Fsp3) is 0.786. The minimum atomic E-state index is 0.196. The summed E-state index contributed by atoms with van der Waals surface area (Å²) in [6, 6.07) is 0. The van der Waals surface area contributed by atoms with Gasteiger partial charge in [-0.15, -0.1) is 10.2 Å². The van der Waals surface area contributed by atoms with Crippen LogP contribution in [0.5, 0.6) is 0 Å². The standard InChI is InChI=1S/C14H24N4OS2/c15-13-16-17-14(21-13)20-12-10-8-6-4-2-1-3-5-7-9-11(12)18-19/h12,19H,1-10H2,(H2,15,16)/b18-11+/t12-/m0/s1. The summed E-state index contributed by atoms with van der Waals surface area (Å²) in [4.78, 5) is 0. The van der Waals surface area contributed by atoms with Crippen LogP contribution in [0, 0.1) is 0 Å². The van der Waals surface area contributed by atoms with Crippen molar-refractivity contribution in [2.45, 2.75) is 73.8 Å². The van der Waals surface area contributed by atoms with Crippen LogP contribution in [-0.4, -0.2) is 26.4 Å². The van der Waals surface area contributed by atoms with E-state index in [4.69, 9.17) is 5.73 Å². The van der Waals surface area contributed by atoms with Gasteiger partial charge in [-0.2, -0.15) is 0 Å². The average Bonchev–Trinajstić information content (AvgIpc) is 2.87. The zero-order valence-corrected chi connectivity index (χ0v) is 14.0. The predicted octanol–water partition coefficient (Wildman–Crippen LogP) is 4.33. The Bertz CT molecular complexity index is 450. The van der Waals surface area contributed by atoms with Gasteiger partial charge in [-0.1, -0.05) is 73.2 Å². The van der Waals surface area contributed by atoms with Crippen LogP contribution in [0.4, 0.5) is 5.13 Å². The van der Waals surface area contributed by atoms with Crippen molar-refractivity contribution in [3.8, 4) is 0 Å². The van der Waals surface area contributed by atoms with E-state index >= 15 is 0 Å². The Kier molecular flexibility index (Phi) is 7.29. The quantitative estimate of drug-likeness (QED) is 0.623. The average molecular weight is 329 g/mol. The zero-order chi connectivity index (χ0) is 14.9. The van der Waals surface area contributed by atoms with Crippen molar-refractivity contribution in [3.05, 3.63) is 0 Å². The van der Waals surface area contributed by atoms with Crippen LogP contribution in [0.15, 0.2) is 9.50 Å². The Morgan fingerprint density at radius 1 is 1.05 bits per heavy atom. The second kappa shape index (κ2) is 9.25. The van der Waals surface area contributed by atoms with Crippen molar-refractivity contribution in [2.24, 2.45) is 5.16 Å². The number of thioether (sulfide) groups is 1. The maximum Gasteiger partial charge on any atom is 0.203 e. The van der Waals surface area contributed by atoms with Crippen LogP contribution >= 0.6 is 23.1 Å². The highest BCUT2D eigenvalue weighted by Crippen LogP contribution is 2.32. The Balaban J connectivity index is 1.99. The first-order chi connectivity index (χ1) is 10.3. The van der Waals surface area contributed by atoms with Gasteiger partial charge in [0.1, 0.15) is 0 Å². The molecule has 1 fully saturated rings. The number of hydrogen-bond acceptors (Lipinski definition) is 7. The molecule has 3 N–H and O–H groups in total. The summed E-state index contributed by atoms with van der Waals surface area (Å²) in [5, 5.41) is 21.6. The molecule has 0 aromatic carbocycles. The Labute approximate surface area is 134 Å². The molecule has 0 amide bonds. The van der Waals surface area contributed by atoms with Gasteiger partial charge in [-0.3, -0.25) is 0 Å². The van der Waals surface area contributed by atoms with E-state index in [1.807, 2.05) is 0 Å². The largest absolute Gasteiger partial charge is 0.411 e. The smallest absolute Gasteiger partial charge is 0.203 e. The second-order valence-corrected chi connectivity index (χ2v) is 7.93. The summed E-state index contributed by atoms with van der Waals surface area (Å²) >= 11 is 3.05. The van der Waals surface area contributed by atoms with Gasteiger partial charge in [-0.05, 0) is 19.3 Å². The van der Waals surface area contributed by atoms with Crippen LogP contribution in [0.3, 0.4) is 0 Å². The van der Waals surface area contributed by atoms with Gasteiger partial charge in [0.2, 0.25) is 5.13 Å². The molecule has 1 saturated carbocycles. The number of nitrogens with zero attached hydrogens (tertiary/aromatic N) is 3. The fourth-order valence-corrected chi connectivity index (χ4v) is 4.71. The molecule has 1 aromatic heterocycles. The highest BCUT2D eigenvalue weighted by atomic mass is 32.2. The van der Waals surface area contributed by atoms with E-state index in [9.17, 15) is 5.21 Å². The van der Waals surface area contributed by atoms with Crippen molar-refractivity contribution >= 4 is 33.9 Å². The van der Waals surface area contributed by atoms with E-state index in [1.54, 1.807) is 11.8 Å². The zero-order valence-electron chi connectivity index (χ0n) is 12.3.